The van der Waals surface area contributed by atoms with Crippen LogP contribution in [0.2, 0.25) is 0 Å². The van der Waals surface area contributed by atoms with Crippen LogP contribution in [0, 0.1) is 0 Å². The summed E-state index contributed by atoms with van der Waals surface area (Å²) in [5.41, 5.74) is 0.497. The van der Waals surface area contributed by atoms with Crippen LogP contribution in [0.1, 0.15) is 42.5 Å². The maximum atomic E-state index is 12.4. The number of hydrogen-bond acceptors (Lipinski definition) is 4. The first kappa shape index (κ1) is 13.0. The predicted molar refractivity (Wildman–Crippen MR) is 67.0 cm³/mol. The molecule has 0 radical (unpaired) electrons. The van der Waals surface area contributed by atoms with Gasteiger partial charge in [-0.1, -0.05) is 19.3 Å². The standard InChI is InChI=1S/C13H19N3O2/c17-7-6-16(12-4-2-1-3-5-12)13(18)11-8-14-10-15-9-11/h8-10,12,17H,1-7H2. The highest BCUT2D eigenvalue weighted by Gasteiger charge is 2.25. The molecule has 5 heteroatoms. The molecule has 1 aliphatic carbocycles. The Morgan fingerprint density at radius 2 is 1.94 bits per heavy atom. The number of amides is 1. The SMILES string of the molecule is O=C(c1cncnc1)N(CCO)C1CCCCC1. The number of aliphatic hydroxyl groups is 1. The Hall–Kier alpha value is -1.49. The van der Waals surface area contributed by atoms with Gasteiger partial charge in [0.05, 0.1) is 12.2 Å². The second kappa shape index (κ2) is 6.44. The summed E-state index contributed by atoms with van der Waals surface area (Å²) in [4.78, 5) is 21.9. The highest BCUT2D eigenvalue weighted by atomic mass is 16.3. The molecule has 1 aromatic heterocycles. The van der Waals surface area contributed by atoms with E-state index in [4.69, 9.17) is 5.11 Å². The van der Waals surface area contributed by atoms with Crippen LogP contribution in [-0.4, -0.2) is 45.1 Å². The largest absolute Gasteiger partial charge is 0.395 e. The van der Waals surface area contributed by atoms with Gasteiger partial charge in [-0.2, -0.15) is 0 Å². The van der Waals surface area contributed by atoms with E-state index in [1.54, 1.807) is 4.90 Å². The number of rotatable bonds is 4. The molecule has 1 fully saturated rings. The molecule has 0 aromatic carbocycles. The Morgan fingerprint density at radius 3 is 2.56 bits per heavy atom. The van der Waals surface area contributed by atoms with E-state index in [0.29, 0.717) is 12.1 Å². The minimum absolute atomic E-state index is 0.00404. The maximum Gasteiger partial charge on any atom is 0.257 e. The van der Waals surface area contributed by atoms with Crippen LogP contribution >= 0.6 is 0 Å². The van der Waals surface area contributed by atoms with Crippen LogP contribution in [0.15, 0.2) is 18.7 Å². The van der Waals surface area contributed by atoms with Crippen LogP contribution in [-0.2, 0) is 0 Å². The molecule has 98 valence electrons. The first-order chi connectivity index (χ1) is 8.83. The monoisotopic (exact) mass is 249 g/mol. The van der Waals surface area contributed by atoms with E-state index in [-0.39, 0.29) is 18.6 Å². The Bertz CT molecular complexity index is 377. The molecule has 0 spiro atoms. The highest BCUT2D eigenvalue weighted by molar-refractivity contribution is 5.93. The molecule has 1 aromatic rings. The Kier molecular flexibility index (Phi) is 4.64. The molecule has 1 amide bonds. The van der Waals surface area contributed by atoms with E-state index < -0.39 is 0 Å². The van der Waals surface area contributed by atoms with Crippen molar-refractivity contribution in [2.75, 3.05) is 13.2 Å². The first-order valence-corrected chi connectivity index (χ1v) is 6.50. The number of carbonyl (C=O) groups is 1. The van der Waals surface area contributed by atoms with Gasteiger partial charge in [0.1, 0.15) is 6.33 Å². The fourth-order valence-corrected chi connectivity index (χ4v) is 2.53. The lowest BCUT2D eigenvalue weighted by Crippen LogP contribution is -2.43. The van der Waals surface area contributed by atoms with E-state index >= 15 is 0 Å². The third-order valence-electron chi connectivity index (χ3n) is 3.42. The summed E-state index contributed by atoms with van der Waals surface area (Å²) in [6.45, 7) is 0.383. The lowest BCUT2D eigenvalue weighted by atomic mass is 9.94. The molecule has 1 N–H and O–H groups in total. The van der Waals surface area contributed by atoms with Gasteiger partial charge in [-0.05, 0) is 12.8 Å². The summed E-state index contributed by atoms with van der Waals surface area (Å²) in [6, 6.07) is 0.249. The van der Waals surface area contributed by atoms with Crippen molar-refractivity contribution in [3.63, 3.8) is 0 Å². The number of hydrogen-bond donors (Lipinski definition) is 1. The maximum absolute atomic E-state index is 12.4. The zero-order valence-electron chi connectivity index (χ0n) is 10.5. The molecule has 0 aliphatic heterocycles. The van der Waals surface area contributed by atoms with Crippen LogP contribution in [0.25, 0.3) is 0 Å². The van der Waals surface area contributed by atoms with E-state index in [2.05, 4.69) is 9.97 Å². The third kappa shape index (κ3) is 3.04. The minimum Gasteiger partial charge on any atom is -0.395 e. The van der Waals surface area contributed by atoms with Crippen molar-refractivity contribution in [2.45, 2.75) is 38.1 Å². The van der Waals surface area contributed by atoms with Crippen molar-refractivity contribution in [2.24, 2.45) is 0 Å². The minimum atomic E-state index is -0.0726. The molecule has 0 unspecified atom stereocenters. The normalized spacial score (nSPS) is 16.5. The molecule has 1 aliphatic rings. The Balaban J connectivity index is 2.11. The van der Waals surface area contributed by atoms with Crippen LogP contribution in [0.3, 0.4) is 0 Å². The molecule has 18 heavy (non-hydrogen) atoms. The van der Waals surface area contributed by atoms with E-state index in [0.717, 1.165) is 25.7 Å². The van der Waals surface area contributed by atoms with Gasteiger partial charge < -0.3 is 10.0 Å². The van der Waals surface area contributed by atoms with Crippen molar-refractivity contribution < 1.29 is 9.90 Å². The highest BCUT2D eigenvalue weighted by Crippen LogP contribution is 2.23. The molecule has 0 saturated heterocycles. The molecule has 1 saturated carbocycles. The van der Waals surface area contributed by atoms with Crippen LogP contribution in [0.5, 0.6) is 0 Å². The fraction of sp³-hybridized carbons (Fsp3) is 0.615. The second-order valence-electron chi connectivity index (χ2n) is 4.64. The van der Waals surface area contributed by atoms with E-state index in [9.17, 15) is 4.79 Å². The van der Waals surface area contributed by atoms with Crippen LogP contribution < -0.4 is 0 Å². The lowest BCUT2D eigenvalue weighted by Gasteiger charge is -2.33. The molecule has 0 bridgehead atoms. The lowest BCUT2D eigenvalue weighted by molar-refractivity contribution is 0.0584. The average Bonchev–Trinajstić information content (AvgIpc) is 2.46. The van der Waals surface area contributed by atoms with Gasteiger partial charge in [-0.25, -0.2) is 9.97 Å². The van der Waals surface area contributed by atoms with E-state index in [1.165, 1.54) is 25.1 Å². The van der Waals surface area contributed by atoms with Gasteiger partial charge in [0, 0.05) is 25.0 Å². The summed E-state index contributed by atoms with van der Waals surface area (Å²) in [6.07, 6.45) is 10.1. The quantitative estimate of drug-likeness (QED) is 0.872. The first-order valence-electron chi connectivity index (χ1n) is 6.50. The fourth-order valence-electron chi connectivity index (χ4n) is 2.53. The molecule has 0 atom stereocenters. The summed E-state index contributed by atoms with van der Waals surface area (Å²) in [7, 11) is 0. The van der Waals surface area contributed by atoms with Crippen LogP contribution in [0.4, 0.5) is 0 Å². The number of aromatic nitrogens is 2. The summed E-state index contributed by atoms with van der Waals surface area (Å²) in [5.74, 6) is -0.0726. The molecular weight excluding hydrogens is 230 g/mol. The molecule has 1 heterocycles. The van der Waals surface area contributed by atoms with Crippen molar-refractivity contribution >= 4 is 5.91 Å². The predicted octanol–water partition coefficient (Wildman–Crippen LogP) is 1.24. The van der Waals surface area contributed by atoms with Gasteiger partial charge >= 0.3 is 0 Å². The van der Waals surface area contributed by atoms with E-state index in [1.807, 2.05) is 0 Å². The van der Waals surface area contributed by atoms with Gasteiger partial charge in [0.25, 0.3) is 5.91 Å². The number of nitrogens with zero attached hydrogens (tertiary/aromatic N) is 3. The smallest absolute Gasteiger partial charge is 0.257 e. The Labute approximate surface area is 107 Å². The van der Waals surface area contributed by atoms with Crippen molar-refractivity contribution in [3.8, 4) is 0 Å². The van der Waals surface area contributed by atoms with Gasteiger partial charge in [0.2, 0.25) is 0 Å². The zero-order valence-corrected chi connectivity index (χ0v) is 10.5. The summed E-state index contributed by atoms with van der Waals surface area (Å²) in [5, 5.41) is 9.14. The van der Waals surface area contributed by atoms with Crippen molar-refractivity contribution in [3.05, 3.63) is 24.3 Å². The molecule has 5 nitrogen and oxygen atoms in total. The van der Waals surface area contributed by atoms with Crippen molar-refractivity contribution in [1.82, 2.24) is 14.9 Å². The molecule has 2 rings (SSSR count). The molecular formula is C13H19N3O2. The third-order valence-corrected chi connectivity index (χ3v) is 3.42. The zero-order chi connectivity index (χ0) is 12.8. The van der Waals surface area contributed by atoms with Gasteiger partial charge in [-0.3, -0.25) is 4.79 Å². The number of aliphatic hydroxyl groups excluding tert-OH is 1. The summed E-state index contributed by atoms with van der Waals surface area (Å²) >= 11 is 0. The average molecular weight is 249 g/mol. The second-order valence-corrected chi connectivity index (χ2v) is 4.64. The Morgan fingerprint density at radius 1 is 1.28 bits per heavy atom. The number of carbonyl (C=O) groups excluding carboxylic acids is 1. The summed E-state index contributed by atoms with van der Waals surface area (Å²) < 4.78 is 0. The topological polar surface area (TPSA) is 66.3 Å². The van der Waals surface area contributed by atoms with Crippen molar-refractivity contribution in [1.29, 1.82) is 0 Å². The van der Waals surface area contributed by atoms with Gasteiger partial charge in [-0.15, -0.1) is 0 Å². The van der Waals surface area contributed by atoms with Gasteiger partial charge in [0.15, 0.2) is 0 Å².